The molecule has 2 atom stereocenters. The third-order valence-corrected chi connectivity index (χ3v) is 4.55. The van der Waals surface area contributed by atoms with Crippen molar-refractivity contribution in [3.63, 3.8) is 0 Å². The summed E-state index contributed by atoms with van der Waals surface area (Å²) in [5.74, 6) is -1.42. The van der Waals surface area contributed by atoms with E-state index in [2.05, 4.69) is 0 Å². The molecular weight excluding hydrogens is 344 g/mol. The molecule has 25 heavy (non-hydrogen) atoms. The van der Waals surface area contributed by atoms with Gasteiger partial charge in [-0.05, 0) is 29.8 Å². The highest BCUT2D eigenvalue weighted by molar-refractivity contribution is 6.30. The highest BCUT2D eigenvalue weighted by Crippen LogP contribution is 2.39. The number of benzene rings is 2. The van der Waals surface area contributed by atoms with Gasteiger partial charge in [-0.3, -0.25) is 19.7 Å². The van der Waals surface area contributed by atoms with E-state index >= 15 is 0 Å². The Morgan fingerprint density at radius 2 is 2.00 bits per heavy atom. The molecule has 6 nitrogen and oxygen atoms in total. The van der Waals surface area contributed by atoms with Gasteiger partial charge in [0.05, 0.1) is 11.6 Å². The molecule has 7 heteroatoms. The molecule has 0 saturated heterocycles. The number of amides is 1. The second-order valence-corrected chi connectivity index (χ2v) is 6.33. The van der Waals surface area contributed by atoms with Gasteiger partial charge in [0.1, 0.15) is 6.04 Å². The van der Waals surface area contributed by atoms with E-state index in [1.165, 1.54) is 11.8 Å². The number of anilines is 1. The Hall–Kier alpha value is -2.73. The molecule has 2 aromatic carbocycles. The van der Waals surface area contributed by atoms with Gasteiger partial charge >= 0.3 is 0 Å². The molecule has 0 fully saturated rings. The number of carbonyl (C=O) groups excluding carboxylic acids is 2. The molecule has 0 aliphatic carbocycles. The van der Waals surface area contributed by atoms with E-state index in [-0.39, 0.29) is 11.7 Å². The largest absolute Gasteiger partial charge is 0.300 e. The molecule has 1 aliphatic heterocycles. The molecule has 0 spiro atoms. The number of para-hydroxylation sites is 1. The summed E-state index contributed by atoms with van der Waals surface area (Å²) in [6.45, 7) is 0.873. The molecule has 2 aromatic rings. The maximum absolute atomic E-state index is 12.9. The van der Waals surface area contributed by atoms with Gasteiger partial charge in [-0.25, -0.2) is 0 Å². The maximum atomic E-state index is 12.9. The number of carbonyl (C=O) groups is 2. The third-order valence-electron chi connectivity index (χ3n) is 4.32. The molecule has 3 rings (SSSR count). The summed E-state index contributed by atoms with van der Waals surface area (Å²) in [6, 6.07) is 12.4. The number of hydrogen-bond donors (Lipinski definition) is 0. The van der Waals surface area contributed by atoms with Crippen molar-refractivity contribution < 1.29 is 14.5 Å². The van der Waals surface area contributed by atoms with E-state index in [0.717, 1.165) is 0 Å². The Bertz CT molecular complexity index is 868. The van der Waals surface area contributed by atoms with Crippen molar-refractivity contribution in [3.05, 3.63) is 74.8 Å². The van der Waals surface area contributed by atoms with Crippen LogP contribution in [0.25, 0.3) is 0 Å². The minimum Gasteiger partial charge on any atom is -0.300 e. The zero-order valence-electron chi connectivity index (χ0n) is 13.4. The fourth-order valence-corrected chi connectivity index (χ4v) is 3.53. The van der Waals surface area contributed by atoms with Crippen LogP contribution in [0.2, 0.25) is 5.02 Å². The van der Waals surface area contributed by atoms with Crippen LogP contribution in [0.4, 0.5) is 5.69 Å². The summed E-state index contributed by atoms with van der Waals surface area (Å²) in [6.07, 6.45) is 0. The molecule has 0 radical (unpaired) electrons. The molecule has 1 heterocycles. The van der Waals surface area contributed by atoms with Crippen LogP contribution in [0.15, 0.2) is 48.5 Å². The number of Topliss-reactive ketones (excluding diaryl/α,β-unsaturated/α-hetero) is 1. The maximum Gasteiger partial charge on any atom is 0.224 e. The van der Waals surface area contributed by atoms with Crippen LogP contribution in [0.1, 0.15) is 28.8 Å². The summed E-state index contributed by atoms with van der Waals surface area (Å²) in [5, 5.41) is 11.7. The molecule has 128 valence electrons. The third kappa shape index (κ3) is 3.13. The van der Waals surface area contributed by atoms with Crippen molar-refractivity contribution in [3.8, 4) is 0 Å². The number of ketones is 1. The van der Waals surface area contributed by atoms with E-state index in [4.69, 9.17) is 11.6 Å². The Balaban J connectivity index is 2.13. The quantitative estimate of drug-likeness (QED) is 0.620. The summed E-state index contributed by atoms with van der Waals surface area (Å²) in [5.41, 5.74) is 1.44. The van der Waals surface area contributed by atoms with Crippen molar-refractivity contribution in [2.24, 2.45) is 0 Å². The number of halogens is 1. The molecule has 1 aliphatic rings. The Morgan fingerprint density at radius 3 is 2.64 bits per heavy atom. The standard InChI is InChI=1S/C18H15ClN2O4/c1-11(22)21-16-8-3-2-7-14(16)18(23)17(21)15(10-20(24)25)12-5-4-6-13(19)9-12/h2-9,15,17H,10H2,1H3/t15-,17+/m1/s1. The molecule has 0 N–H and O–H groups in total. The van der Waals surface area contributed by atoms with Crippen molar-refractivity contribution in [1.82, 2.24) is 0 Å². The second kappa shape index (κ2) is 6.64. The Labute approximate surface area is 149 Å². The molecule has 1 amide bonds. The zero-order chi connectivity index (χ0) is 18.1. The van der Waals surface area contributed by atoms with Gasteiger partial charge in [0.15, 0.2) is 5.78 Å². The van der Waals surface area contributed by atoms with E-state index in [1.807, 2.05) is 0 Å². The first kappa shape index (κ1) is 17.1. The lowest BCUT2D eigenvalue weighted by Crippen LogP contribution is -2.45. The minimum absolute atomic E-state index is 0.294. The zero-order valence-corrected chi connectivity index (χ0v) is 14.1. The summed E-state index contributed by atoms with van der Waals surface area (Å²) in [7, 11) is 0. The van der Waals surface area contributed by atoms with Crippen molar-refractivity contribution in [2.75, 3.05) is 11.4 Å². The van der Waals surface area contributed by atoms with Crippen LogP contribution in [-0.4, -0.2) is 29.2 Å². The molecular formula is C18H15ClN2O4. The fraction of sp³-hybridized carbons (Fsp3) is 0.222. The Kier molecular flexibility index (Phi) is 4.55. The molecule has 0 aromatic heterocycles. The Morgan fingerprint density at radius 1 is 1.28 bits per heavy atom. The average molecular weight is 359 g/mol. The van der Waals surface area contributed by atoms with Crippen LogP contribution >= 0.6 is 11.6 Å². The van der Waals surface area contributed by atoms with Crippen molar-refractivity contribution in [2.45, 2.75) is 18.9 Å². The van der Waals surface area contributed by atoms with E-state index in [9.17, 15) is 19.7 Å². The first-order valence-electron chi connectivity index (χ1n) is 7.70. The van der Waals surface area contributed by atoms with Crippen molar-refractivity contribution in [1.29, 1.82) is 0 Å². The smallest absolute Gasteiger partial charge is 0.224 e. The van der Waals surface area contributed by atoms with Crippen LogP contribution in [0.5, 0.6) is 0 Å². The first-order valence-corrected chi connectivity index (χ1v) is 8.08. The van der Waals surface area contributed by atoms with E-state index in [0.29, 0.717) is 21.8 Å². The van der Waals surface area contributed by atoms with Crippen LogP contribution in [0.3, 0.4) is 0 Å². The van der Waals surface area contributed by atoms with Gasteiger partial charge in [-0.2, -0.15) is 0 Å². The lowest BCUT2D eigenvalue weighted by atomic mass is 9.88. The number of hydrogen-bond acceptors (Lipinski definition) is 4. The van der Waals surface area contributed by atoms with Gasteiger partial charge in [0.2, 0.25) is 12.5 Å². The summed E-state index contributed by atoms with van der Waals surface area (Å²) in [4.78, 5) is 37.3. The minimum atomic E-state index is -0.959. The number of fused-ring (bicyclic) bond motifs is 1. The van der Waals surface area contributed by atoms with Gasteiger partial charge in [-0.15, -0.1) is 0 Å². The first-order chi connectivity index (χ1) is 11.9. The number of rotatable bonds is 4. The highest BCUT2D eigenvalue weighted by atomic mass is 35.5. The van der Waals surface area contributed by atoms with Gasteiger partial charge in [0, 0.05) is 22.4 Å². The second-order valence-electron chi connectivity index (χ2n) is 5.89. The molecule has 0 saturated carbocycles. The highest BCUT2D eigenvalue weighted by Gasteiger charge is 2.46. The van der Waals surface area contributed by atoms with Gasteiger partial charge in [-0.1, -0.05) is 35.9 Å². The predicted octanol–water partition coefficient (Wildman–Crippen LogP) is 3.32. The lowest BCUT2D eigenvalue weighted by Gasteiger charge is -2.28. The van der Waals surface area contributed by atoms with Gasteiger partial charge in [0.25, 0.3) is 0 Å². The van der Waals surface area contributed by atoms with Crippen molar-refractivity contribution >= 4 is 29.0 Å². The summed E-state index contributed by atoms with van der Waals surface area (Å²) >= 11 is 6.02. The number of nitrogens with zero attached hydrogens (tertiary/aromatic N) is 2. The SMILES string of the molecule is CC(=O)N1c2ccccc2C(=O)[C@@H]1[C@H](C[N+](=O)[O-])c1cccc(Cl)c1. The van der Waals surface area contributed by atoms with Crippen LogP contribution in [0, 0.1) is 10.1 Å². The molecule has 0 bridgehead atoms. The topological polar surface area (TPSA) is 80.5 Å². The predicted molar refractivity (Wildman–Crippen MR) is 93.8 cm³/mol. The molecule has 0 unspecified atom stereocenters. The summed E-state index contributed by atoms with van der Waals surface area (Å²) < 4.78 is 0. The average Bonchev–Trinajstić information content (AvgIpc) is 2.86. The monoisotopic (exact) mass is 358 g/mol. The fourth-order valence-electron chi connectivity index (χ4n) is 3.33. The van der Waals surface area contributed by atoms with Gasteiger partial charge < -0.3 is 4.90 Å². The number of nitro groups is 1. The van der Waals surface area contributed by atoms with E-state index < -0.39 is 23.4 Å². The normalized spacial score (nSPS) is 17.3. The van der Waals surface area contributed by atoms with Crippen LogP contribution in [-0.2, 0) is 4.79 Å². The van der Waals surface area contributed by atoms with E-state index in [1.54, 1.807) is 48.5 Å². The lowest BCUT2D eigenvalue weighted by molar-refractivity contribution is -0.483. The van der Waals surface area contributed by atoms with Crippen LogP contribution < -0.4 is 4.90 Å².